The molecular weight excluding hydrogens is 581 g/mol. The molecule has 1 aromatic carbocycles. The summed E-state index contributed by atoms with van der Waals surface area (Å²) in [5.74, 6) is -0.623. The number of halogens is 3. The van der Waals surface area contributed by atoms with Crippen molar-refractivity contribution in [1.29, 1.82) is 5.26 Å². The van der Waals surface area contributed by atoms with Gasteiger partial charge in [0, 0.05) is 42.4 Å². The summed E-state index contributed by atoms with van der Waals surface area (Å²) in [6, 6.07) is 12.1. The third-order valence-electron chi connectivity index (χ3n) is 8.71. The molecule has 226 valence electrons. The zero-order chi connectivity index (χ0) is 30.4. The Morgan fingerprint density at radius 2 is 1.70 bits per heavy atom. The van der Waals surface area contributed by atoms with Gasteiger partial charge in [0.15, 0.2) is 9.84 Å². The van der Waals surface area contributed by atoms with E-state index in [1.165, 1.54) is 10.7 Å². The average Bonchev–Trinajstić information content (AvgIpc) is 3.63. The molecule has 0 unspecified atom stereocenters. The van der Waals surface area contributed by atoms with Crippen LogP contribution in [0.25, 0.3) is 16.8 Å². The summed E-state index contributed by atoms with van der Waals surface area (Å²) >= 11 is 0. The molecule has 43 heavy (non-hydrogen) atoms. The highest BCUT2D eigenvalue weighted by Crippen LogP contribution is 2.43. The number of hydrogen-bond donors (Lipinski definition) is 1. The first kappa shape index (κ1) is 29.2. The maximum absolute atomic E-state index is 13.5. The fourth-order valence-corrected chi connectivity index (χ4v) is 7.22. The van der Waals surface area contributed by atoms with Crippen molar-refractivity contribution in [2.24, 2.45) is 5.92 Å². The van der Waals surface area contributed by atoms with Gasteiger partial charge in [-0.15, -0.1) is 0 Å². The standard InChI is InChI=1S/C30H31F3N6O3S/c31-30(32,33)26-10-9-22(17-35-26)39-18-25(20-5-7-21(8-6-20)38-13-15-43(41,42)16-14-38)27(37-39)23-3-1-2-4-24(23)28(40)36-29(19-34)11-12-29/h5-10,17-18,23-24H,1-4,11-16H2,(H,36,40)/t23-,24-/m1/s1. The smallest absolute Gasteiger partial charge is 0.369 e. The second-order valence-electron chi connectivity index (χ2n) is 11.6. The maximum Gasteiger partial charge on any atom is 0.433 e. The number of nitriles is 1. The van der Waals surface area contributed by atoms with Crippen LogP contribution < -0.4 is 10.2 Å². The van der Waals surface area contributed by atoms with E-state index in [1.54, 1.807) is 6.20 Å². The average molecular weight is 613 g/mol. The minimum Gasteiger partial charge on any atom is -0.369 e. The predicted octanol–water partition coefficient (Wildman–Crippen LogP) is 4.63. The fourth-order valence-electron chi connectivity index (χ4n) is 6.02. The first-order valence-corrected chi connectivity index (χ1v) is 16.2. The van der Waals surface area contributed by atoms with Gasteiger partial charge in [-0.25, -0.2) is 18.1 Å². The molecule has 0 bridgehead atoms. The normalized spacial score (nSPS) is 22.9. The van der Waals surface area contributed by atoms with Crippen molar-refractivity contribution in [3.63, 3.8) is 0 Å². The molecule has 3 fully saturated rings. The molecule has 3 aliphatic rings. The van der Waals surface area contributed by atoms with Gasteiger partial charge < -0.3 is 10.2 Å². The summed E-state index contributed by atoms with van der Waals surface area (Å²) in [5.41, 5.74) is 1.68. The molecule has 1 N–H and O–H groups in total. The highest BCUT2D eigenvalue weighted by atomic mass is 32.2. The molecule has 1 amide bonds. The lowest BCUT2D eigenvalue weighted by molar-refractivity contribution is -0.141. The number of pyridine rings is 1. The number of benzene rings is 1. The third kappa shape index (κ3) is 6.11. The van der Waals surface area contributed by atoms with Crippen molar-refractivity contribution in [2.45, 2.75) is 56.2 Å². The predicted molar refractivity (Wildman–Crippen MR) is 153 cm³/mol. The van der Waals surface area contributed by atoms with Crippen LogP contribution in [0.2, 0.25) is 0 Å². The number of nitrogens with one attached hydrogen (secondary N) is 1. The molecule has 3 heterocycles. The molecule has 6 rings (SSSR count). The molecule has 2 saturated carbocycles. The first-order chi connectivity index (χ1) is 20.5. The Bertz CT molecular complexity index is 1640. The molecule has 0 radical (unpaired) electrons. The second kappa shape index (κ2) is 11.0. The summed E-state index contributed by atoms with van der Waals surface area (Å²) < 4.78 is 64.7. The quantitative estimate of drug-likeness (QED) is 0.431. The van der Waals surface area contributed by atoms with Crippen LogP contribution in [-0.2, 0) is 20.8 Å². The lowest BCUT2D eigenvalue weighted by Crippen LogP contribution is -2.42. The van der Waals surface area contributed by atoms with Crippen molar-refractivity contribution < 1.29 is 26.4 Å². The summed E-state index contributed by atoms with van der Waals surface area (Å²) in [6.07, 6.45) is 2.68. The van der Waals surface area contributed by atoms with E-state index in [2.05, 4.69) is 16.4 Å². The van der Waals surface area contributed by atoms with Gasteiger partial charge >= 0.3 is 6.18 Å². The number of anilines is 1. The number of hydrogen-bond acceptors (Lipinski definition) is 7. The van der Waals surface area contributed by atoms with Gasteiger partial charge in [-0.1, -0.05) is 25.0 Å². The molecule has 1 saturated heterocycles. The van der Waals surface area contributed by atoms with Crippen LogP contribution in [0.3, 0.4) is 0 Å². The maximum atomic E-state index is 13.5. The van der Waals surface area contributed by atoms with Crippen LogP contribution in [0.4, 0.5) is 18.9 Å². The number of alkyl halides is 3. The molecule has 0 spiro atoms. The van der Waals surface area contributed by atoms with Crippen LogP contribution in [0, 0.1) is 17.2 Å². The van der Waals surface area contributed by atoms with Crippen LogP contribution in [0.5, 0.6) is 0 Å². The topological polar surface area (TPSA) is 121 Å². The number of amides is 1. The summed E-state index contributed by atoms with van der Waals surface area (Å²) in [4.78, 5) is 19.1. The van der Waals surface area contributed by atoms with Crippen molar-refractivity contribution in [1.82, 2.24) is 20.1 Å². The number of rotatable bonds is 6. The number of carbonyl (C=O) groups excluding carboxylic acids is 1. The number of nitrogens with zero attached hydrogens (tertiary/aromatic N) is 5. The van der Waals surface area contributed by atoms with Gasteiger partial charge in [0.1, 0.15) is 11.2 Å². The molecule has 2 aliphatic carbocycles. The highest BCUT2D eigenvalue weighted by molar-refractivity contribution is 7.91. The van der Waals surface area contributed by atoms with Crippen molar-refractivity contribution in [3.8, 4) is 22.9 Å². The van der Waals surface area contributed by atoms with Gasteiger partial charge in [0.2, 0.25) is 5.91 Å². The highest BCUT2D eigenvalue weighted by Gasteiger charge is 2.47. The number of carbonyl (C=O) groups is 1. The molecule has 1 aliphatic heterocycles. The Morgan fingerprint density at radius 1 is 1.02 bits per heavy atom. The monoisotopic (exact) mass is 612 g/mol. The molecule has 2 aromatic heterocycles. The first-order valence-electron chi connectivity index (χ1n) is 14.4. The number of aromatic nitrogens is 3. The van der Waals surface area contributed by atoms with E-state index < -0.39 is 33.2 Å². The van der Waals surface area contributed by atoms with Crippen LogP contribution >= 0.6 is 0 Å². The molecule has 9 nitrogen and oxygen atoms in total. The van der Waals surface area contributed by atoms with E-state index in [4.69, 9.17) is 5.10 Å². The second-order valence-corrected chi connectivity index (χ2v) is 13.9. The van der Waals surface area contributed by atoms with Crippen LogP contribution in [-0.4, -0.2) is 59.2 Å². The van der Waals surface area contributed by atoms with E-state index in [1.807, 2.05) is 29.2 Å². The summed E-state index contributed by atoms with van der Waals surface area (Å²) in [7, 11) is -3.02. The minimum atomic E-state index is -4.57. The Morgan fingerprint density at radius 3 is 2.30 bits per heavy atom. The largest absolute Gasteiger partial charge is 0.433 e. The van der Waals surface area contributed by atoms with E-state index in [-0.39, 0.29) is 23.3 Å². The van der Waals surface area contributed by atoms with E-state index >= 15 is 0 Å². The zero-order valence-electron chi connectivity index (χ0n) is 23.3. The molecule has 2 atom stereocenters. The lowest BCUT2D eigenvalue weighted by Gasteiger charge is -2.31. The van der Waals surface area contributed by atoms with E-state index in [9.17, 15) is 31.6 Å². The zero-order valence-corrected chi connectivity index (χ0v) is 24.2. The van der Waals surface area contributed by atoms with Crippen molar-refractivity contribution in [3.05, 3.63) is 60.2 Å². The van der Waals surface area contributed by atoms with E-state index in [0.29, 0.717) is 50.2 Å². The minimum absolute atomic E-state index is 0.102. The Balaban J connectivity index is 1.35. The fraction of sp³-hybridized carbons (Fsp3) is 0.467. The Kier molecular flexibility index (Phi) is 7.44. The Labute approximate surface area is 247 Å². The van der Waals surface area contributed by atoms with Crippen LogP contribution in [0.1, 0.15) is 55.8 Å². The lowest BCUT2D eigenvalue weighted by atomic mass is 9.75. The summed E-state index contributed by atoms with van der Waals surface area (Å²) in [5, 5.41) is 17.3. The molecule has 3 aromatic rings. The van der Waals surface area contributed by atoms with Gasteiger partial charge in [-0.3, -0.25) is 4.79 Å². The summed E-state index contributed by atoms with van der Waals surface area (Å²) in [6.45, 7) is 0.823. The molecule has 13 heteroatoms. The Hall–Kier alpha value is -3.92. The van der Waals surface area contributed by atoms with Gasteiger partial charge in [0.05, 0.1) is 35.2 Å². The third-order valence-corrected chi connectivity index (χ3v) is 10.3. The van der Waals surface area contributed by atoms with Crippen molar-refractivity contribution >= 4 is 21.4 Å². The number of sulfone groups is 1. The van der Waals surface area contributed by atoms with Gasteiger partial charge in [-0.2, -0.15) is 23.5 Å². The van der Waals surface area contributed by atoms with E-state index in [0.717, 1.165) is 41.9 Å². The SMILES string of the molecule is N#CC1(NC(=O)[C@@H]2CCCC[C@H]2c2nn(-c3ccc(C(F)(F)F)nc3)cc2-c2ccc(N3CCS(=O)(=O)CC3)cc2)CC1. The molecular formula is C30H31F3N6O3S. The van der Waals surface area contributed by atoms with Crippen LogP contribution in [0.15, 0.2) is 48.8 Å². The van der Waals surface area contributed by atoms with Gasteiger partial charge in [-0.05, 0) is 55.5 Å². The van der Waals surface area contributed by atoms with Crippen molar-refractivity contribution in [2.75, 3.05) is 29.5 Å². The van der Waals surface area contributed by atoms with Gasteiger partial charge in [0.25, 0.3) is 0 Å².